The largest absolute Gasteiger partial charge is 0.494 e. The summed E-state index contributed by atoms with van der Waals surface area (Å²) in [7, 11) is 0. The van der Waals surface area contributed by atoms with Crippen molar-refractivity contribution in [2.24, 2.45) is 5.10 Å². The normalized spacial score (nSPS) is 11.6. The molecule has 182 valence electrons. The number of halogens is 1. The van der Waals surface area contributed by atoms with Gasteiger partial charge < -0.3 is 4.74 Å². The van der Waals surface area contributed by atoms with Crippen molar-refractivity contribution in [3.63, 3.8) is 0 Å². The summed E-state index contributed by atoms with van der Waals surface area (Å²) in [6.07, 6.45) is 3.16. The van der Waals surface area contributed by atoms with E-state index >= 15 is 0 Å². The number of nitrogens with zero attached hydrogens (tertiary/aromatic N) is 4. The van der Waals surface area contributed by atoms with Crippen molar-refractivity contribution >= 4 is 41.6 Å². The molecule has 3 aromatic carbocycles. The highest BCUT2D eigenvalue weighted by molar-refractivity contribution is 7.99. The van der Waals surface area contributed by atoms with Crippen LogP contribution < -0.4 is 10.2 Å². The number of hydrogen-bond acceptors (Lipinski definition) is 6. The highest BCUT2D eigenvalue weighted by Crippen LogP contribution is 2.28. The van der Waals surface area contributed by atoms with Gasteiger partial charge in [-0.15, -0.1) is 10.2 Å². The molecule has 0 saturated carbocycles. The highest BCUT2D eigenvalue weighted by atomic mass is 35.5. The van der Waals surface area contributed by atoms with E-state index in [-0.39, 0.29) is 11.7 Å². The fourth-order valence-electron chi connectivity index (χ4n) is 3.30. The van der Waals surface area contributed by atoms with Crippen LogP contribution in [0.4, 0.5) is 0 Å². The summed E-state index contributed by atoms with van der Waals surface area (Å²) in [6.45, 7) is 2.53. The fourth-order valence-corrected chi connectivity index (χ4v) is 4.22. The Hall–Kier alpha value is -3.88. The van der Waals surface area contributed by atoms with Crippen LogP contribution >= 0.6 is 23.4 Å². The van der Waals surface area contributed by atoms with Crippen molar-refractivity contribution in [3.05, 3.63) is 95.5 Å². The van der Waals surface area contributed by atoms with E-state index in [1.165, 1.54) is 18.0 Å². The second-order valence-electron chi connectivity index (χ2n) is 7.46. The van der Waals surface area contributed by atoms with E-state index in [4.69, 9.17) is 16.3 Å². The van der Waals surface area contributed by atoms with E-state index in [9.17, 15) is 4.79 Å². The standard InChI is InChI=1S/C27H24ClN5O2S/c1-2-35-24-15-13-23(14-16-24)33-26(21-11-7-4-8-12-21)31-32-27(33)36-19-25(34)30-29-18-22(28)17-20-9-5-3-6-10-20/h3-18H,2,19H2,1H3,(H,30,34)/b22-17-,29-18-. The number of aromatic nitrogens is 3. The van der Waals surface area contributed by atoms with Crippen LogP contribution in [0.3, 0.4) is 0 Å². The number of carbonyl (C=O) groups is 1. The molecule has 7 nitrogen and oxygen atoms in total. The summed E-state index contributed by atoms with van der Waals surface area (Å²) in [6, 6.07) is 27.1. The van der Waals surface area contributed by atoms with Gasteiger partial charge in [0, 0.05) is 11.3 Å². The lowest BCUT2D eigenvalue weighted by atomic mass is 10.2. The summed E-state index contributed by atoms with van der Waals surface area (Å²) in [5.74, 6) is 1.27. The van der Waals surface area contributed by atoms with Crippen LogP contribution in [0.15, 0.2) is 100 Å². The van der Waals surface area contributed by atoms with E-state index in [1.54, 1.807) is 6.08 Å². The number of carbonyl (C=O) groups excluding carboxylic acids is 1. The molecule has 0 aliphatic heterocycles. The maximum atomic E-state index is 12.4. The number of benzene rings is 3. The van der Waals surface area contributed by atoms with Gasteiger partial charge in [-0.25, -0.2) is 5.43 Å². The number of allylic oxidation sites excluding steroid dienone is 1. The minimum atomic E-state index is -0.289. The SMILES string of the molecule is CCOc1ccc(-n2c(SCC(=O)N/N=C\C(Cl)=C\c3ccccc3)nnc2-c2ccccc2)cc1. The van der Waals surface area contributed by atoms with Crippen LogP contribution in [0.25, 0.3) is 23.2 Å². The van der Waals surface area contributed by atoms with Crippen LogP contribution in [0.5, 0.6) is 5.75 Å². The summed E-state index contributed by atoms with van der Waals surface area (Å²) in [5, 5.41) is 13.7. The number of hydrazone groups is 1. The van der Waals surface area contributed by atoms with Crippen molar-refractivity contribution in [3.8, 4) is 22.8 Å². The Balaban J connectivity index is 1.46. The topological polar surface area (TPSA) is 81.4 Å². The maximum absolute atomic E-state index is 12.4. The molecule has 4 aromatic rings. The highest BCUT2D eigenvalue weighted by Gasteiger charge is 2.17. The zero-order valence-corrected chi connectivity index (χ0v) is 21.1. The number of ether oxygens (including phenoxy) is 1. The molecule has 0 unspecified atom stereocenters. The van der Waals surface area contributed by atoms with E-state index in [0.29, 0.717) is 22.6 Å². The first-order valence-electron chi connectivity index (χ1n) is 11.2. The number of amides is 1. The van der Waals surface area contributed by atoms with Crippen LogP contribution in [0.2, 0.25) is 0 Å². The molecule has 0 radical (unpaired) electrons. The van der Waals surface area contributed by atoms with Gasteiger partial charge >= 0.3 is 0 Å². The molecule has 0 atom stereocenters. The van der Waals surface area contributed by atoms with Crippen molar-refractivity contribution in [2.45, 2.75) is 12.1 Å². The van der Waals surface area contributed by atoms with Crippen molar-refractivity contribution in [2.75, 3.05) is 12.4 Å². The number of thioether (sulfide) groups is 1. The molecule has 1 N–H and O–H groups in total. The molecule has 0 saturated heterocycles. The van der Waals surface area contributed by atoms with Gasteiger partial charge in [0.25, 0.3) is 5.91 Å². The third kappa shape index (κ3) is 6.84. The Kier molecular flexibility index (Phi) is 8.91. The third-order valence-electron chi connectivity index (χ3n) is 4.88. The van der Waals surface area contributed by atoms with Gasteiger partial charge in [-0.2, -0.15) is 5.10 Å². The predicted molar refractivity (Wildman–Crippen MR) is 146 cm³/mol. The summed E-state index contributed by atoms with van der Waals surface area (Å²) >= 11 is 7.44. The summed E-state index contributed by atoms with van der Waals surface area (Å²) in [4.78, 5) is 12.4. The Labute approximate surface area is 218 Å². The van der Waals surface area contributed by atoms with E-state index in [1.807, 2.05) is 96.4 Å². The number of rotatable bonds is 10. The van der Waals surface area contributed by atoms with Crippen LogP contribution in [0.1, 0.15) is 12.5 Å². The second kappa shape index (κ2) is 12.7. The molecule has 0 bridgehead atoms. The third-order valence-corrected chi connectivity index (χ3v) is 6.02. The molecule has 36 heavy (non-hydrogen) atoms. The van der Waals surface area contributed by atoms with Crippen LogP contribution in [0, 0.1) is 0 Å². The molecule has 0 aliphatic carbocycles. The maximum Gasteiger partial charge on any atom is 0.250 e. The molecular formula is C27H24ClN5O2S. The average Bonchev–Trinajstić information content (AvgIpc) is 3.33. The van der Waals surface area contributed by atoms with Crippen molar-refractivity contribution < 1.29 is 9.53 Å². The Morgan fingerprint density at radius 1 is 1.03 bits per heavy atom. The van der Waals surface area contributed by atoms with Crippen LogP contribution in [-0.4, -0.2) is 39.2 Å². The minimum Gasteiger partial charge on any atom is -0.494 e. The van der Waals surface area contributed by atoms with E-state index in [0.717, 1.165) is 22.6 Å². The minimum absolute atomic E-state index is 0.0985. The lowest BCUT2D eigenvalue weighted by molar-refractivity contribution is -0.118. The van der Waals surface area contributed by atoms with E-state index in [2.05, 4.69) is 20.7 Å². The second-order valence-corrected chi connectivity index (χ2v) is 8.84. The van der Waals surface area contributed by atoms with E-state index < -0.39 is 0 Å². The van der Waals surface area contributed by atoms with Gasteiger partial charge in [-0.1, -0.05) is 84.0 Å². The number of nitrogens with one attached hydrogen (secondary N) is 1. The molecule has 1 heterocycles. The summed E-state index contributed by atoms with van der Waals surface area (Å²) in [5.41, 5.74) is 5.22. The lowest BCUT2D eigenvalue weighted by Crippen LogP contribution is -2.19. The molecule has 0 fully saturated rings. The predicted octanol–water partition coefficient (Wildman–Crippen LogP) is 5.81. The van der Waals surface area contributed by atoms with Gasteiger partial charge in [0.2, 0.25) is 0 Å². The Morgan fingerprint density at radius 3 is 2.42 bits per heavy atom. The molecular weight excluding hydrogens is 494 g/mol. The summed E-state index contributed by atoms with van der Waals surface area (Å²) < 4.78 is 7.49. The Bertz CT molecular complexity index is 1340. The first-order valence-corrected chi connectivity index (χ1v) is 12.6. The molecule has 0 aliphatic rings. The molecule has 1 aromatic heterocycles. The molecule has 0 spiro atoms. The lowest BCUT2D eigenvalue weighted by Gasteiger charge is -2.11. The first kappa shape index (κ1) is 25.2. The molecule has 4 rings (SSSR count). The van der Waals surface area contributed by atoms with Gasteiger partial charge in [-0.05, 0) is 42.8 Å². The monoisotopic (exact) mass is 517 g/mol. The van der Waals surface area contributed by atoms with Gasteiger partial charge in [0.15, 0.2) is 11.0 Å². The zero-order valence-electron chi connectivity index (χ0n) is 19.5. The van der Waals surface area contributed by atoms with Gasteiger partial charge in [-0.3, -0.25) is 9.36 Å². The van der Waals surface area contributed by atoms with Crippen LogP contribution in [-0.2, 0) is 4.79 Å². The molecule has 1 amide bonds. The smallest absolute Gasteiger partial charge is 0.250 e. The van der Waals surface area contributed by atoms with Crippen molar-refractivity contribution in [1.29, 1.82) is 0 Å². The fraction of sp³-hybridized carbons (Fsp3) is 0.111. The molecule has 9 heteroatoms. The zero-order chi connectivity index (χ0) is 25.2. The van der Waals surface area contributed by atoms with Crippen molar-refractivity contribution in [1.82, 2.24) is 20.2 Å². The average molecular weight is 518 g/mol. The van der Waals surface area contributed by atoms with Gasteiger partial charge in [0.05, 0.1) is 23.6 Å². The number of hydrogen-bond donors (Lipinski definition) is 1. The Morgan fingerprint density at radius 2 is 1.72 bits per heavy atom. The first-order chi connectivity index (χ1) is 17.6. The quantitative estimate of drug-likeness (QED) is 0.163. The van der Waals surface area contributed by atoms with Gasteiger partial charge in [0.1, 0.15) is 5.75 Å².